The zero-order valence-corrected chi connectivity index (χ0v) is 15.8. The summed E-state index contributed by atoms with van der Waals surface area (Å²) in [7, 11) is 0. The number of likely N-dealkylation sites (N-methyl/N-ethyl adjacent to an activating group) is 1. The Labute approximate surface area is 151 Å². The van der Waals surface area contributed by atoms with Gasteiger partial charge >= 0.3 is 0 Å². The second-order valence-corrected chi connectivity index (χ2v) is 8.20. The third kappa shape index (κ3) is 4.94. The van der Waals surface area contributed by atoms with Crippen molar-refractivity contribution in [2.24, 2.45) is 17.8 Å². The number of amides is 2. The average Bonchev–Trinajstić information content (AvgIpc) is 3.20. The van der Waals surface area contributed by atoms with E-state index in [4.69, 9.17) is 0 Å². The van der Waals surface area contributed by atoms with Crippen LogP contribution in [0.5, 0.6) is 0 Å². The Hall–Kier alpha value is -1.14. The summed E-state index contributed by atoms with van der Waals surface area (Å²) in [5.41, 5.74) is 0. The molecule has 0 spiro atoms. The summed E-state index contributed by atoms with van der Waals surface area (Å²) in [4.78, 5) is 28.4. The number of fused-ring (bicyclic) bond motifs is 2. The van der Waals surface area contributed by atoms with E-state index in [9.17, 15) is 9.59 Å². The number of rotatable bonds is 7. The van der Waals surface area contributed by atoms with Gasteiger partial charge in [0.25, 0.3) is 0 Å². The molecule has 2 N–H and O–H groups in total. The Bertz CT molecular complexity index is 476. The monoisotopic (exact) mass is 350 g/mol. The number of hydrogen-bond donors (Lipinski definition) is 2. The summed E-state index contributed by atoms with van der Waals surface area (Å²) in [6, 6.07) is 0.307. The molecule has 4 unspecified atom stereocenters. The van der Waals surface area contributed by atoms with Gasteiger partial charge < -0.3 is 10.6 Å². The fourth-order valence-electron chi connectivity index (χ4n) is 5.08. The van der Waals surface area contributed by atoms with Crippen LogP contribution in [-0.2, 0) is 9.59 Å². The van der Waals surface area contributed by atoms with Crippen LogP contribution < -0.4 is 10.6 Å². The van der Waals surface area contributed by atoms with E-state index in [1.165, 1.54) is 25.7 Å². The lowest BCUT2D eigenvalue weighted by molar-refractivity contribution is -0.125. The molecule has 142 valence electrons. The Morgan fingerprint density at radius 2 is 1.64 bits per heavy atom. The summed E-state index contributed by atoms with van der Waals surface area (Å²) < 4.78 is 0. The van der Waals surface area contributed by atoms with Crippen LogP contribution in [0.1, 0.15) is 39.5 Å². The molecule has 3 fully saturated rings. The number of nitrogens with one attached hydrogen (secondary N) is 2. The van der Waals surface area contributed by atoms with Gasteiger partial charge in [-0.2, -0.15) is 0 Å². The molecule has 6 nitrogen and oxygen atoms in total. The van der Waals surface area contributed by atoms with Crippen molar-refractivity contribution in [3.05, 3.63) is 0 Å². The Balaban J connectivity index is 1.34. The first-order valence-electron chi connectivity index (χ1n) is 10.1. The van der Waals surface area contributed by atoms with Gasteiger partial charge in [-0.25, -0.2) is 0 Å². The smallest absolute Gasteiger partial charge is 0.234 e. The third-order valence-electron chi connectivity index (χ3n) is 6.40. The molecule has 0 aromatic carbocycles. The van der Waals surface area contributed by atoms with E-state index in [2.05, 4.69) is 27.4 Å². The molecule has 1 aliphatic heterocycles. The van der Waals surface area contributed by atoms with Gasteiger partial charge in [0.05, 0.1) is 13.1 Å². The zero-order chi connectivity index (χ0) is 17.8. The lowest BCUT2D eigenvalue weighted by Gasteiger charge is -2.34. The highest BCUT2D eigenvalue weighted by molar-refractivity contribution is 5.78. The van der Waals surface area contributed by atoms with Gasteiger partial charge in [0.2, 0.25) is 11.8 Å². The largest absolute Gasteiger partial charge is 0.355 e. The summed E-state index contributed by atoms with van der Waals surface area (Å²) in [5.74, 6) is 2.71. The maximum atomic E-state index is 12.4. The van der Waals surface area contributed by atoms with Crippen molar-refractivity contribution < 1.29 is 9.59 Å². The first-order valence-corrected chi connectivity index (χ1v) is 10.1. The predicted octanol–water partition coefficient (Wildman–Crippen LogP) is 0.681. The van der Waals surface area contributed by atoms with Crippen LogP contribution >= 0.6 is 0 Å². The molecule has 6 heteroatoms. The topological polar surface area (TPSA) is 64.7 Å². The number of carbonyl (C=O) groups excluding carboxylic acids is 2. The standard InChI is InChI=1S/C19H34N4O2/c1-3-20-18(24)12-22-6-8-23(9-7-22)13-19(25)21-14(2)17-11-15-4-5-16(17)10-15/h14-17H,3-13H2,1-2H3,(H,20,24)(H,21,25). The van der Waals surface area contributed by atoms with Gasteiger partial charge in [-0.05, 0) is 50.9 Å². The fourth-order valence-corrected chi connectivity index (χ4v) is 5.08. The van der Waals surface area contributed by atoms with E-state index in [0.29, 0.717) is 31.6 Å². The number of piperazine rings is 1. The van der Waals surface area contributed by atoms with Gasteiger partial charge in [-0.15, -0.1) is 0 Å². The molecule has 0 aromatic heterocycles. The van der Waals surface area contributed by atoms with Crippen molar-refractivity contribution >= 4 is 11.8 Å². The van der Waals surface area contributed by atoms with Gasteiger partial charge in [0, 0.05) is 38.8 Å². The minimum Gasteiger partial charge on any atom is -0.355 e. The number of nitrogens with zero attached hydrogens (tertiary/aromatic N) is 2. The first-order chi connectivity index (χ1) is 12.0. The molecule has 1 saturated heterocycles. The number of carbonyl (C=O) groups is 2. The van der Waals surface area contributed by atoms with Crippen LogP contribution in [0.2, 0.25) is 0 Å². The van der Waals surface area contributed by atoms with Crippen molar-refractivity contribution in [3.8, 4) is 0 Å². The maximum Gasteiger partial charge on any atom is 0.234 e. The van der Waals surface area contributed by atoms with Crippen LogP contribution in [0, 0.1) is 17.8 Å². The van der Waals surface area contributed by atoms with Crippen molar-refractivity contribution in [3.63, 3.8) is 0 Å². The minimum absolute atomic E-state index is 0.0911. The molecule has 3 aliphatic rings. The van der Waals surface area contributed by atoms with E-state index >= 15 is 0 Å². The SMILES string of the molecule is CCNC(=O)CN1CCN(CC(=O)NC(C)C2CC3CCC2C3)CC1. The molecule has 0 aromatic rings. The molecule has 3 rings (SSSR count). The van der Waals surface area contributed by atoms with Crippen molar-refractivity contribution in [2.45, 2.75) is 45.6 Å². The lowest BCUT2D eigenvalue weighted by atomic mass is 9.84. The van der Waals surface area contributed by atoms with Gasteiger partial charge in [-0.1, -0.05) is 6.42 Å². The van der Waals surface area contributed by atoms with Crippen LogP contribution in [0.4, 0.5) is 0 Å². The van der Waals surface area contributed by atoms with Crippen LogP contribution in [-0.4, -0.2) is 73.5 Å². The summed E-state index contributed by atoms with van der Waals surface area (Å²) in [6.45, 7) is 9.18. The maximum absolute atomic E-state index is 12.4. The van der Waals surface area contributed by atoms with Crippen LogP contribution in [0.3, 0.4) is 0 Å². The zero-order valence-electron chi connectivity index (χ0n) is 15.8. The summed E-state index contributed by atoms with van der Waals surface area (Å²) in [5, 5.41) is 6.09. The Morgan fingerprint density at radius 3 is 2.16 bits per heavy atom. The van der Waals surface area contributed by atoms with Crippen LogP contribution in [0.25, 0.3) is 0 Å². The molecule has 2 aliphatic carbocycles. The molecule has 2 amide bonds. The molecule has 25 heavy (non-hydrogen) atoms. The molecule has 1 heterocycles. The second kappa shape index (κ2) is 8.49. The average molecular weight is 351 g/mol. The van der Waals surface area contributed by atoms with E-state index in [0.717, 1.165) is 38.0 Å². The Kier molecular flexibility index (Phi) is 6.34. The van der Waals surface area contributed by atoms with E-state index in [1.807, 2.05) is 6.92 Å². The van der Waals surface area contributed by atoms with Gasteiger partial charge in [0.1, 0.15) is 0 Å². The second-order valence-electron chi connectivity index (χ2n) is 8.20. The molecule has 2 saturated carbocycles. The van der Waals surface area contributed by atoms with Gasteiger partial charge in [-0.3, -0.25) is 19.4 Å². The molecular formula is C19H34N4O2. The minimum atomic E-state index is 0.0911. The summed E-state index contributed by atoms with van der Waals surface area (Å²) >= 11 is 0. The highest BCUT2D eigenvalue weighted by Crippen LogP contribution is 2.49. The van der Waals surface area contributed by atoms with Crippen molar-refractivity contribution in [1.82, 2.24) is 20.4 Å². The molecular weight excluding hydrogens is 316 g/mol. The fraction of sp³-hybridized carbons (Fsp3) is 0.895. The third-order valence-corrected chi connectivity index (χ3v) is 6.40. The van der Waals surface area contributed by atoms with Crippen molar-refractivity contribution in [2.75, 3.05) is 45.8 Å². The summed E-state index contributed by atoms with van der Waals surface area (Å²) in [6.07, 6.45) is 5.47. The molecule has 0 radical (unpaired) electrons. The first kappa shape index (κ1) is 18.6. The van der Waals surface area contributed by atoms with E-state index < -0.39 is 0 Å². The van der Waals surface area contributed by atoms with E-state index in [-0.39, 0.29) is 11.8 Å². The van der Waals surface area contributed by atoms with E-state index in [1.54, 1.807) is 0 Å². The highest BCUT2D eigenvalue weighted by Gasteiger charge is 2.42. The predicted molar refractivity (Wildman–Crippen MR) is 98.1 cm³/mol. The van der Waals surface area contributed by atoms with Gasteiger partial charge in [0.15, 0.2) is 0 Å². The number of hydrogen-bond acceptors (Lipinski definition) is 4. The van der Waals surface area contributed by atoms with Crippen molar-refractivity contribution in [1.29, 1.82) is 0 Å². The Morgan fingerprint density at radius 1 is 1.00 bits per heavy atom. The van der Waals surface area contributed by atoms with Crippen LogP contribution in [0.15, 0.2) is 0 Å². The highest BCUT2D eigenvalue weighted by atomic mass is 16.2. The molecule has 2 bridgehead atoms. The molecule has 4 atom stereocenters. The quantitative estimate of drug-likeness (QED) is 0.709. The normalized spacial score (nSPS) is 31.0. The lowest BCUT2D eigenvalue weighted by Crippen LogP contribution is -2.52.